The molecule has 0 amide bonds. The second-order valence-corrected chi connectivity index (χ2v) is 6.42. The van der Waals surface area contributed by atoms with E-state index in [1.165, 1.54) is 5.56 Å². The molecule has 0 unspecified atom stereocenters. The van der Waals surface area contributed by atoms with Crippen molar-refractivity contribution in [2.75, 3.05) is 32.8 Å². The molecular weight excluding hydrogens is 306 g/mol. The van der Waals surface area contributed by atoms with Gasteiger partial charge >= 0.3 is 0 Å². The van der Waals surface area contributed by atoms with Crippen LogP contribution in [0.2, 0.25) is 0 Å². The van der Waals surface area contributed by atoms with Crippen molar-refractivity contribution in [2.24, 2.45) is 0 Å². The molecule has 0 bridgehead atoms. The monoisotopic (exact) mass is 327 g/mol. The third kappa shape index (κ3) is 4.28. The molecule has 1 aliphatic heterocycles. The predicted octanol–water partition coefficient (Wildman–Crippen LogP) is 2.55. The summed E-state index contributed by atoms with van der Waals surface area (Å²) in [5.74, 6) is 0. The molecule has 1 aromatic rings. The van der Waals surface area contributed by atoms with Crippen LogP contribution in [0.4, 0.5) is 0 Å². The van der Waals surface area contributed by atoms with Crippen molar-refractivity contribution in [3.63, 3.8) is 0 Å². The van der Waals surface area contributed by atoms with Gasteiger partial charge in [-0.3, -0.25) is 4.90 Å². The van der Waals surface area contributed by atoms with Crippen LogP contribution in [0.15, 0.2) is 22.7 Å². The number of benzene rings is 1. The molecule has 0 aliphatic carbocycles. The van der Waals surface area contributed by atoms with Gasteiger partial charge in [-0.25, -0.2) is 0 Å². The maximum atomic E-state index is 10.00. The zero-order chi connectivity index (χ0) is 13.9. The molecule has 0 spiro atoms. The van der Waals surface area contributed by atoms with E-state index in [-0.39, 0.29) is 0 Å². The first-order valence-corrected chi connectivity index (χ1v) is 7.57. The molecule has 19 heavy (non-hydrogen) atoms. The number of hydrogen-bond donors (Lipinski definition) is 1. The van der Waals surface area contributed by atoms with E-state index in [0.29, 0.717) is 0 Å². The highest BCUT2D eigenvalue weighted by atomic mass is 79.9. The van der Waals surface area contributed by atoms with Gasteiger partial charge in [0.05, 0.1) is 18.8 Å². The van der Waals surface area contributed by atoms with E-state index in [1.807, 2.05) is 26.0 Å². The topological polar surface area (TPSA) is 32.7 Å². The normalized spacial score (nSPS) is 17.7. The highest BCUT2D eigenvalue weighted by Gasteiger charge is 2.17. The van der Waals surface area contributed by atoms with Gasteiger partial charge in [-0.1, -0.05) is 28.1 Å². The fourth-order valence-corrected chi connectivity index (χ4v) is 2.81. The minimum atomic E-state index is -0.786. The summed E-state index contributed by atoms with van der Waals surface area (Å²) in [6.45, 7) is 8.42. The Kier molecular flexibility index (Phi) is 5.01. The molecule has 1 aromatic carbocycles. The summed E-state index contributed by atoms with van der Waals surface area (Å²) in [5.41, 5.74) is 1.44. The van der Waals surface area contributed by atoms with Crippen molar-refractivity contribution < 1.29 is 9.84 Å². The fourth-order valence-electron chi connectivity index (χ4n) is 2.23. The molecule has 0 aromatic heterocycles. The largest absolute Gasteiger partial charge is 0.386 e. The first kappa shape index (κ1) is 15.0. The predicted molar refractivity (Wildman–Crippen MR) is 80.3 cm³/mol. The molecule has 0 radical (unpaired) electrons. The number of morpholine rings is 1. The number of aliphatic hydroxyl groups is 1. The Morgan fingerprint density at radius 3 is 2.58 bits per heavy atom. The number of ether oxygens (including phenoxy) is 1. The van der Waals surface area contributed by atoms with E-state index in [1.54, 1.807) is 0 Å². The van der Waals surface area contributed by atoms with Crippen LogP contribution < -0.4 is 0 Å². The van der Waals surface area contributed by atoms with Gasteiger partial charge < -0.3 is 9.84 Å². The highest BCUT2D eigenvalue weighted by Crippen LogP contribution is 2.26. The SMILES string of the molecule is CC(C)(O)c1ccc(CCN2CCOCC2)c(Br)c1. The summed E-state index contributed by atoms with van der Waals surface area (Å²) < 4.78 is 6.43. The second-order valence-electron chi connectivity index (χ2n) is 5.57. The molecule has 1 fully saturated rings. The molecule has 0 atom stereocenters. The van der Waals surface area contributed by atoms with Crippen LogP contribution in [0.25, 0.3) is 0 Å². The van der Waals surface area contributed by atoms with Crippen molar-refractivity contribution >= 4 is 15.9 Å². The van der Waals surface area contributed by atoms with Gasteiger partial charge in [0, 0.05) is 24.1 Å². The molecule has 3 nitrogen and oxygen atoms in total. The summed E-state index contributed by atoms with van der Waals surface area (Å²) in [6, 6.07) is 6.14. The molecule has 2 rings (SSSR count). The van der Waals surface area contributed by atoms with Crippen molar-refractivity contribution in [3.8, 4) is 0 Å². The van der Waals surface area contributed by atoms with Crippen molar-refractivity contribution in [1.82, 2.24) is 4.90 Å². The average molecular weight is 328 g/mol. The molecule has 1 aliphatic rings. The van der Waals surface area contributed by atoms with Gasteiger partial charge in [-0.05, 0) is 37.5 Å². The lowest BCUT2D eigenvalue weighted by atomic mass is 9.97. The first-order chi connectivity index (χ1) is 8.97. The quantitative estimate of drug-likeness (QED) is 0.922. The summed E-state index contributed by atoms with van der Waals surface area (Å²) in [4.78, 5) is 2.43. The zero-order valence-corrected chi connectivity index (χ0v) is 13.2. The molecule has 106 valence electrons. The number of hydrogen-bond acceptors (Lipinski definition) is 3. The Bertz CT molecular complexity index is 423. The van der Waals surface area contributed by atoms with Gasteiger partial charge in [-0.2, -0.15) is 0 Å². The van der Waals surface area contributed by atoms with E-state index in [4.69, 9.17) is 4.74 Å². The lowest BCUT2D eigenvalue weighted by Crippen LogP contribution is -2.37. The summed E-state index contributed by atoms with van der Waals surface area (Å²) in [6.07, 6.45) is 1.02. The summed E-state index contributed by atoms with van der Waals surface area (Å²) in [7, 11) is 0. The number of halogens is 1. The smallest absolute Gasteiger partial charge is 0.0840 e. The molecule has 1 heterocycles. The van der Waals surface area contributed by atoms with Gasteiger partial charge in [-0.15, -0.1) is 0 Å². The van der Waals surface area contributed by atoms with Crippen molar-refractivity contribution in [2.45, 2.75) is 25.9 Å². The van der Waals surface area contributed by atoms with E-state index < -0.39 is 5.60 Å². The Balaban J connectivity index is 1.97. The van der Waals surface area contributed by atoms with Crippen LogP contribution in [-0.4, -0.2) is 42.9 Å². The zero-order valence-electron chi connectivity index (χ0n) is 11.7. The van der Waals surface area contributed by atoms with Crippen molar-refractivity contribution in [1.29, 1.82) is 0 Å². The Morgan fingerprint density at radius 1 is 1.32 bits per heavy atom. The Morgan fingerprint density at radius 2 is 2.00 bits per heavy atom. The molecule has 0 saturated carbocycles. The standard InChI is InChI=1S/C15H22BrNO2/c1-15(2,18)13-4-3-12(14(16)11-13)5-6-17-7-9-19-10-8-17/h3-4,11,18H,5-10H2,1-2H3. The van der Waals surface area contributed by atoms with Crippen LogP contribution in [0.3, 0.4) is 0 Å². The van der Waals surface area contributed by atoms with Gasteiger partial charge in [0.15, 0.2) is 0 Å². The van der Waals surface area contributed by atoms with E-state index in [2.05, 4.69) is 26.9 Å². The van der Waals surface area contributed by atoms with Gasteiger partial charge in [0.1, 0.15) is 0 Å². The lowest BCUT2D eigenvalue weighted by molar-refractivity contribution is 0.0384. The van der Waals surface area contributed by atoms with Crippen LogP contribution in [-0.2, 0) is 16.8 Å². The number of nitrogens with zero attached hydrogens (tertiary/aromatic N) is 1. The first-order valence-electron chi connectivity index (χ1n) is 6.78. The molecule has 1 N–H and O–H groups in total. The molecule has 1 saturated heterocycles. The Hall–Kier alpha value is -0.420. The lowest BCUT2D eigenvalue weighted by Gasteiger charge is -2.26. The summed E-state index contributed by atoms with van der Waals surface area (Å²) in [5, 5.41) is 10.00. The Labute approximate surface area is 123 Å². The second kappa shape index (κ2) is 6.35. The molecule has 4 heteroatoms. The third-order valence-electron chi connectivity index (χ3n) is 3.56. The van der Waals surface area contributed by atoms with E-state index >= 15 is 0 Å². The third-order valence-corrected chi connectivity index (χ3v) is 4.30. The number of rotatable bonds is 4. The van der Waals surface area contributed by atoms with E-state index in [0.717, 1.165) is 49.3 Å². The van der Waals surface area contributed by atoms with Crippen LogP contribution >= 0.6 is 15.9 Å². The van der Waals surface area contributed by atoms with Crippen molar-refractivity contribution in [3.05, 3.63) is 33.8 Å². The maximum Gasteiger partial charge on any atom is 0.0840 e. The minimum absolute atomic E-state index is 0.786. The van der Waals surface area contributed by atoms with Crippen LogP contribution in [0.5, 0.6) is 0 Å². The van der Waals surface area contributed by atoms with E-state index in [9.17, 15) is 5.11 Å². The minimum Gasteiger partial charge on any atom is -0.386 e. The highest BCUT2D eigenvalue weighted by molar-refractivity contribution is 9.10. The van der Waals surface area contributed by atoms with Crippen LogP contribution in [0, 0.1) is 0 Å². The van der Waals surface area contributed by atoms with Gasteiger partial charge in [0.25, 0.3) is 0 Å². The van der Waals surface area contributed by atoms with Crippen LogP contribution in [0.1, 0.15) is 25.0 Å². The average Bonchev–Trinajstić information content (AvgIpc) is 2.37. The van der Waals surface area contributed by atoms with Gasteiger partial charge in [0.2, 0.25) is 0 Å². The summed E-state index contributed by atoms with van der Waals surface area (Å²) >= 11 is 3.61. The molecular formula is C15H22BrNO2. The maximum absolute atomic E-state index is 10.00. The fraction of sp³-hybridized carbons (Fsp3) is 0.600.